The van der Waals surface area contributed by atoms with Gasteiger partial charge in [-0.1, -0.05) is 92.1 Å². The maximum absolute atomic E-state index is 2.73. The lowest BCUT2D eigenvalue weighted by Crippen LogP contribution is -2.56. The molecule has 0 saturated heterocycles. The van der Waals surface area contributed by atoms with Gasteiger partial charge in [0.25, 0.3) is 5.82 Å². The van der Waals surface area contributed by atoms with E-state index in [0.29, 0.717) is 5.92 Å². The van der Waals surface area contributed by atoms with Gasteiger partial charge in [-0.25, -0.2) is 4.57 Å². The van der Waals surface area contributed by atoms with E-state index in [-0.39, 0.29) is 5.54 Å². The molecule has 1 unspecified atom stereocenters. The van der Waals surface area contributed by atoms with Crippen LogP contribution in [0.25, 0.3) is 16.9 Å². The van der Waals surface area contributed by atoms with Crippen LogP contribution in [0.5, 0.6) is 0 Å². The Hall–Kier alpha value is -3.13. The zero-order valence-electron chi connectivity index (χ0n) is 20.0. The third-order valence-corrected chi connectivity index (χ3v) is 8.18. The monoisotopic (exact) mass is 433 g/mol. The largest absolute Gasteiger partial charge is 0.266 e. The first-order valence-corrected chi connectivity index (χ1v) is 12.5. The summed E-state index contributed by atoms with van der Waals surface area (Å²) in [4.78, 5) is 0. The quantitative estimate of drug-likeness (QED) is 0.302. The maximum Gasteiger partial charge on any atom is 0.266 e. The van der Waals surface area contributed by atoms with E-state index in [1.807, 2.05) is 0 Å². The van der Waals surface area contributed by atoms with Crippen LogP contribution in [0.1, 0.15) is 73.2 Å². The summed E-state index contributed by atoms with van der Waals surface area (Å²) in [6.45, 7) is 7.02. The summed E-state index contributed by atoms with van der Waals surface area (Å²) in [5, 5.41) is 0. The molecule has 0 bridgehead atoms. The lowest BCUT2D eigenvalue weighted by Gasteiger charge is -2.29. The van der Waals surface area contributed by atoms with Gasteiger partial charge in [-0.3, -0.25) is 0 Å². The molecule has 2 heterocycles. The van der Waals surface area contributed by atoms with Crippen LogP contribution in [0.15, 0.2) is 78.9 Å². The van der Waals surface area contributed by atoms with Crippen molar-refractivity contribution in [2.24, 2.45) is 0 Å². The summed E-state index contributed by atoms with van der Waals surface area (Å²) in [6.07, 6.45) is 6.57. The zero-order chi connectivity index (χ0) is 22.6. The number of rotatable bonds is 3. The van der Waals surface area contributed by atoms with Crippen LogP contribution in [-0.2, 0) is 5.54 Å². The Morgan fingerprint density at radius 2 is 1.45 bits per heavy atom. The smallest absolute Gasteiger partial charge is 0.213 e. The molecule has 33 heavy (non-hydrogen) atoms. The van der Waals surface area contributed by atoms with Gasteiger partial charge >= 0.3 is 0 Å². The Morgan fingerprint density at radius 3 is 2.21 bits per heavy atom. The molecule has 1 aliphatic carbocycles. The van der Waals surface area contributed by atoms with Crippen LogP contribution in [0.4, 0.5) is 0 Å². The van der Waals surface area contributed by atoms with Crippen LogP contribution < -0.4 is 4.57 Å². The van der Waals surface area contributed by atoms with Gasteiger partial charge in [0.1, 0.15) is 5.69 Å². The van der Waals surface area contributed by atoms with E-state index >= 15 is 0 Å². The molecule has 1 aromatic heterocycles. The Bertz CT molecular complexity index is 1320. The Balaban J connectivity index is 1.74. The number of benzene rings is 3. The predicted octanol–water partition coefficient (Wildman–Crippen LogP) is 7.22. The van der Waals surface area contributed by atoms with E-state index in [9.17, 15) is 0 Å². The highest BCUT2D eigenvalue weighted by atomic mass is 15.2. The number of nitrogens with zero attached hydrogens (tertiary/aromatic N) is 2. The SMILES string of the molecule is Cc1ccccc1-n1c(C)c2[n+](c1C1CCCCC1)C(C)(c1ccccc1)c1ccccc1-2. The summed E-state index contributed by atoms with van der Waals surface area (Å²) in [5.41, 5.74) is 9.34. The summed E-state index contributed by atoms with van der Waals surface area (Å²) in [5.74, 6) is 2.06. The maximum atomic E-state index is 2.73. The molecule has 2 aliphatic rings. The van der Waals surface area contributed by atoms with Gasteiger partial charge in [0, 0.05) is 23.6 Å². The van der Waals surface area contributed by atoms with Crippen molar-refractivity contribution in [2.75, 3.05) is 0 Å². The molecule has 1 aliphatic heterocycles. The van der Waals surface area contributed by atoms with Crippen LogP contribution in [0.3, 0.4) is 0 Å². The number of imidazole rings is 1. The standard InChI is InChI=1S/C31H33N2/c1-22-14-10-13-21-28(22)32-23(2)29-26-19-11-12-20-27(26)31(3,25-17-8-5-9-18-25)33(29)30(32)24-15-6-4-7-16-24/h5,8-14,17-21,24H,4,6-7,15-16H2,1-3H3/q+1. The fourth-order valence-electron chi connectivity index (χ4n) is 6.55. The van der Waals surface area contributed by atoms with Crippen molar-refractivity contribution in [3.8, 4) is 16.9 Å². The van der Waals surface area contributed by atoms with E-state index in [1.165, 1.54) is 77.3 Å². The fraction of sp³-hybridized carbons (Fsp3) is 0.323. The molecule has 1 atom stereocenters. The molecule has 2 heteroatoms. The Morgan fingerprint density at radius 1 is 0.788 bits per heavy atom. The topological polar surface area (TPSA) is 8.81 Å². The molecule has 0 N–H and O–H groups in total. The van der Waals surface area contributed by atoms with Gasteiger partial charge in [0.15, 0.2) is 16.9 Å². The van der Waals surface area contributed by atoms with Gasteiger partial charge in [-0.2, -0.15) is 4.57 Å². The summed E-state index contributed by atoms with van der Waals surface area (Å²) in [7, 11) is 0. The number of para-hydroxylation sites is 1. The molecule has 1 saturated carbocycles. The summed E-state index contributed by atoms with van der Waals surface area (Å²) < 4.78 is 5.34. The number of aromatic nitrogens is 2. The van der Waals surface area contributed by atoms with Gasteiger partial charge in [-0.15, -0.1) is 0 Å². The molecule has 0 amide bonds. The lowest BCUT2D eigenvalue weighted by molar-refractivity contribution is -0.732. The van der Waals surface area contributed by atoms with Crippen molar-refractivity contribution < 1.29 is 4.57 Å². The van der Waals surface area contributed by atoms with Crippen LogP contribution >= 0.6 is 0 Å². The molecule has 6 rings (SSSR count). The number of aryl methyl sites for hydroxylation is 1. The fourth-order valence-corrected chi connectivity index (χ4v) is 6.55. The second-order valence-electron chi connectivity index (χ2n) is 10.1. The minimum atomic E-state index is -0.224. The number of hydrogen-bond acceptors (Lipinski definition) is 0. The first-order valence-electron chi connectivity index (χ1n) is 12.5. The first kappa shape index (κ1) is 20.5. The van der Waals surface area contributed by atoms with Crippen molar-refractivity contribution >= 4 is 0 Å². The molecule has 1 fully saturated rings. The normalized spacial score (nSPS) is 20.0. The van der Waals surface area contributed by atoms with Crippen molar-refractivity contribution in [3.63, 3.8) is 0 Å². The van der Waals surface area contributed by atoms with E-state index < -0.39 is 0 Å². The summed E-state index contributed by atoms with van der Waals surface area (Å²) in [6, 6.07) is 29.1. The average molecular weight is 434 g/mol. The Labute approximate surface area is 197 Å². The van der Waals surface area contributed by atoms with Gasteiger partial charge in [0.05, 0.1) is 5.92 Å². The minimum Gasteiger partial charge on any atom is -0.213 e. The molecular formula is C31H33N2+. The second kappa shape index (κ2) is 7.73. The molecular weight excluding hydrogens is 400 g/mol. The van der Waals surface area contributed by atoms with Gasteiger partial charge in [0.2, 0.25) is 0 Å². The molecule has 0 spiro atoms. The number of hydrogen-bond donors (Lipinski definition) is 0. The van der Waals surface area contributed by atoms with E-state index in [4.69, 9.17) is 0 Å². The van der Waals surface area contributed by atoms with Crippen molar-refractivity contribution in [2.45, 2.75) is 64.3 Å². The van der Waals surface area contributed by atoms with E-state index in [0.717, 1.165) is 0 Å². The van der Waals surface area contributed by atoms with Crippen molar-refractivity contribution in [1.29, 1.82) is 0 Å². The van der Waals surface area contributed by atoms with Crippen molar-refractivity contribution in [3.05, 3.63) is 107 Å². The minimum absolute atomic E-state index is 0.224. The highest BCUT2D eigenvalue weighted by molar-refractivity contribution is 5.70. The number of fused-ring (bicyclic) bond motifs is 3. The molecule has 2 nitrogen and oxygen atoms in total. The van der Waals surface area contributed by atoms with Crippen LogP contribution in [0.2, 0.25) is 0 Å². The first-order chi connectivity index (χ1) is 16.1. The summed E-state index contributed by atoms with van der Waals surface area (Å²) >= 11 is 0. The van der Waals surface area contributed by atoms with Crippen LogP contribution in [0, 0.1) is 13.8 Å². The molecule has 4 aromatic rings. The van der Waals surface area contributed by atoms with Crippen LogP contribution in [-0.4, -0.2) is 4.57 Å². The third-order valence-electron chi connectivity index (χ3n) is 8.18. The van der Waals surface area contributed by atoms with Gasteiger partial charge in [-0.05, 0) is 38.3 Å². The molecule has 0 radical (unpaired) electrons. The molecule has 166 valence electrons. The second-order valence-corrected chi connectivity index (χ2v) is 10.1. The average Bonchev–Trinajstić information content (AvgIpc) is 3.32. The predicted molar refractivity (Wildman–Crippen MR) is 135 cm³/mol. The third kappa shape index (κ3) is 2.89. The Kier molecular flexibility index (Phi) is 4.79. The highest BCUT2D eigenvalue weighted by Crippen LogP contribution is 2.47. The zero-order valence-corrected chi connectivity index (χ0v) is 20.0. The lowest BCUT2D eigenvalue weighted by atomic mass is 9.83. The van der Waals surface area contributed by atoms with E-state index in [1.54, 1.807) is 0 Å². The highest BCUT2D eigenvalue weighted by Gasteiger charge is 2.52. The van der Waals surface area contributed by atoms with Gasteiger partial charge < -0.3 is 0 Å². The van der Waals surface area contributed by atoms with Crippen molar-refractivity contribution in [1.82, 2.24) is 4.57 Å². The van der Waals surface area contributed by atoms with E-state index in [2.05, 4.69) is 109 Å². The molecule has 3 aromatic carbocycles.